The van der Waals surface area contributed by atoms with E-state index in [1.807, 2.05) is 85.8 Å². The summed E-state index contributed by atoms with van der Waals surface area (Å²) in [4.78, 5) is 13.8. The van der Waals surface area contributed by atoms with Crippen LogP contribution in [0.25, 0.3) is 32.3 Å². The van der Waals surface area contributed by atoms with Crippen LogP contribution in [0, 0.1) is 0 Å². The van der Waals surface area contributed by atoms with E-state index in [1.54, 1.807) is 0 Å². The van der Waals surface area contributed by atoms with E-state index in [9.17, 15) is 4.79 Å². The molecular formula is C40H34O5S. The monoisotopic (exact) mass is 626 g/mol. The maximum absolute atomic E-state index is 12.5. The fourth-order valence-corrected chi connectivity index (χ4v) is 7.21. The summed E-state index contributed by atoms with van der Waals surface area (Å²) in [5.41, 5.74) is 6.81. The first kappa shape index (κ1) is 29.6. The first-order valence-corrected chi connectivity index (χ1v) is 16.2. The lowest BCUT2D eigenvalue weighted by atomic mass is 9.96. The highest BCUT2D eigenvalue weighted by Crippen LogP contribution is 2.43. The topological polar surface area (TPSA) is 54.0 Å². The number of fused-ring (bicyclic) bond motifs is 2. The molecule has 5 nitrogen and oxygen atoms in total. The number of hydrogen-bond acceptors (Lipinski definition) is 6. The van der Waals surface area contributed by atoms with Crippen molar-refractivity contribution in [3.63, 3.8) is 0 Å². The van der Waals surface area contributed by atoms with Crippen molar-refractivity contribution in [2.45, 2.75) is 38.6 Å². The summed E-state index contributed by atoms with van der Waals surface area (Å²) in [5.74, 6) is 1.16. The number of esters is 1. The molecule has 1 aliphatic rings. The van der Waals surface area contributed by atoms with Gasteiger partial charge in [-0.2, -0.15) is 0 Å². The van der Waals surface area contributed by atoms with Gasteiger partial charge < -0.3 is 18.9 Å². The molecule has 0 fully saturated rings. The van der Waals surface area contributed by atoms with Gasteiger partial charge in [0.15, 0.2) is 17.6 Å². The van der Waals surface area contributed by atoms with Crippen molar-refractivity contribution in [2.24, 2.45) is 0 Å². The lowest BCUT2D eigenvalue weighted by molar-refractivity contribution is -0.148. The van der Waals surface area contributed by atoms with E-state index in [2.05, 4.69) is 60.7 Å². The highest BCUT2D eigenvalue weighted by atomic mass is 32.1. The number of carbonyl (C=O) groups is 1. The number of carbonyl (C=O) groups excluding carboxylic acids is 1. The zero-order valence-corrected chi connectivity index (χ0v) is 26.8. The molecule has 6 heteroatoms. The van der Waals surface area contributed by atoms with E-state index >= 15 is 0 Å². The minimum atomic E-state index is -0.725. The molecule has 0 aliphatic carbocycles. The molecule has 5 aromatic carbocycles. The van der Waals surface area contributed by atoms with Gasteiger partial charge in [0.2, 0.25) is 5.79 Å². The minimum Gasteiger partial charge on any atom is -0.478 e. The quantitative estimate of drug-likeness (QED) is 0.150. The summed E-state index contributed by atoms with van der Waals surface area (Å²) in [7, 11) is 1.39. The van der Waals surface area contributed by atoms with Crippen LogP contribution < -0.4 is 14.2 Å². The standard InChI is InChI=1S/C40H34O5S/c1-40(2)44-33-22-13-27(24-34(33)45-40)25-37-38(32-11-7-8-12-36(32)46-37)30-16-14-28(15-17-30)29-18-20-31(21-19-29)43-35(39(41)42-3)23-26-9-5-4-6-10-26/h4-22,24,35H,23,25H2,1-3H3/t35-/m1/s1. The lowest BCUT2D eigenvalue weighted by Gasteiger charge is -2.17. The smallest absolute Gasteiger partial charge is 0.347 e. The first-order chi connectivity index (χ1) is 22.3. The fraction of sp³-hybridized carbons (Fsp3) is 0.175. The van der Waals surface area contributed by atoms with Crippen LogP contribution in [0.1, 0.15) is 29.9 Å². The second-order valence-electron chi connectivity index (χ2n) is 11.9. The van der Waals surface area contributed by atoms with Crippen molar-refractivity contribution in [3.8, 4) is 39.5 Å². The Morgan fingerprint density at radius 1 is 0.739 bits per heavy atom. The van der Waals surface area contributed by atoms with Gasteiger partial charge in [-0.15, -0.1) is 11.3 Å². The van der Waals surface area contributed by atoms with Gasteiger partial charge in [0.1, 0.15) is 5.75 Å². The Labute approximate surface area is 273 Å². The Balaban J connectivity index is 1.12. The Morgan fingerprint density at radius 2 is 1.39 bits per heavy atom. The van der Waals surface area contributed by atoms with Crippen LogP contribution >= 0.6 is 11.3 Å². The lowest BCUT2D eigenvalue weighted by Crippen LogP contribution is -2.30. The number of benzene rings is 5. The molecule has 2 heterocycles. The van der Waals surface area contributed by atoms with Crippen molar-refractivity contribution in [2.75, 3.05) is 7.11 Å². The molecule has 1 aliphatic heterocycles. The summed E-state index contributed by atoms with van der Waals surface area (Å²) < 4.78 is 24.3. The Bertz CT molecular complexity index is 1990. The summed E-state index contributed by atoms with van der Waals surface area (Å²) in [5, 5.41) is 1.26. The van der Waals surface area contributed by atoms with E-state index in [0.29, 0.717) is 12.2 Å². The van der Waals surface area contributed by atoms with Crippen molar-refractivity contribution in [1.82, 2.24) is 0 Å². The molecule has 46 heavy (non-hydrogen) atoms. The number of rotatable bonds is 9. The van der Waals surface area contributed by atoms with Crippen LogP contribution in [-0.2, 0) is 22.4 Å². The summed E-state index contributed by atoms with van der Waals surface area (Å²) >= 11 is 1.84. The third-order valence-electron chi connectivity index (χ3n) is 8.12. The van der Waals surface area contributed by atoms with Gasteiger partial charge in [0, 0.05) is 47.2 Å². The van der Waals surface area contributed by atoms with Crippen LogP contribution in [0.5, 0.6) is 17.2 Å². The highest BCUT2D eigenvalue weighted by molar-refractivity contribution is 7.19. The maximum atomic E-state index is 12.5. The average Bonchev–Trinajstić information content (AvgIpc) is 3.59. The number of methoxy groups -OCH3 is 1. The molecule has 1 aromatic heterocycles. The summed E-state index contributed by atoms with van der Waals surface area (Å²) in [6.07, 6.45) is 0.505. The zero-order chi connectivity index (χ0) is 31.7. The normalized spacial score (nSPS) is 13.8. The molecule has 0 saturated carbocycles. The SMILES string of the molecule is COC(=O)[C@@H](Cc1ccccc1)Oc1ccc(-c2ccc(-c3c(Cc4ccc5c(c4)OC(C)(C)O5)sc4ccccc34)cc2)cc1. The van der Waals surface area contributed by atoms with Crippen molar-refractivity contribution in [3.05, 3.63) is 137 Å². The molecule has 0 bridgehead atoms. The van der Waals surface area contributed by atoms with Crippen LogP contribution in [-0.4, -0.2) is 25.0 Å². The van der Waals surface area contributed by atoms with Crippen molar-refractivity contribution in [1.29, 1.82) is 0 Å². The number of ether oxygens (including phenoxy) is 4. The van der Waals surface area contributed by atoms with Crippen LogP contribution in [0.2, 0.25) is 0 Å². The molecule has 0 N–H and O–H groups in total. The van der Waals surface area contributed by atoms with E-state index in [4.69, 9.17) is 18.9 Å². The zero-order valence-electron chi connectivity index (χ0n) is 26.0. The average molecular weight is 627 g/mol. The summed E-state index contributed by atoms with van der Waals surface area (Å²) in [6, 6.07) is 41.2. The van der Waals surface area contributed by atoms with Gasteiger partial charge in [-0.05, 0) is 58.1 Å². The largest absolute Gasteiger partial charge is 0.478 e. The minimum absolute atomic E-state index is 0.397. The predicted molar refractivity (Wildman–Crippen MR) is 184 cm³/mol. The second-order valence-corrected chi connectivity index (χ2v) is 13.0. The first-order valence-electron chi connectivity index (χ1n) is 15.4. The Kier molecular flexibility index (Phi) is 7.97. The van der Waals surface area contributed by atoms with Gasteiger partial charge in [-0.1, -0.05) is 91.0 Å². The summed E-state index contributed by atoms with van der Waals surface area (Å²) in [6.45, 7) is 3.85. The molecule has 0 unspecified atom stereocenters. The van der Waals surface area contributed by atoms with Crippen molar-refractivity contribution < 1.29 is 23.7 Å². The van der Waals surface area contributed by atoms with Gasteiger partial charge in [0.05, 0.1) is 7.11 Å². The third kappa shape index (κ3) is 6.22. The van der Waals surface area contributed by atoms with Gasteiger partial charge >= 0.3 is 5.97 Å². The second kappa shape index (κ2) is 12.4. The van der Waals surface area contributed by atoms with Crippen LogP contribution in [0.4, 0.5) is 0 Å². The molecule has 0 spiro atoms. The van der Waals surface area contributed by atoms with Gasteiger partial charge in [-0.3, -0.25) is 0 Å². The fourth-order valence-electron chi connectivity index (χ4n) is 5.95. The highest BCUT2D eigenvalue weighted by Gasteiger charge is 2.31. The van der Waals surface area contributed by atoms with Crippen LogP contribution in [0.15, 0.2) is 121 Å². The van der Waals surface area contributed by atoms with Crippen LogP contribution in [0.3, 0.4) is 0 Å². The molecule has 230 valence electrons. The molecule has 1 atom stereocenters. The molecule has 0 amide bonds. The Morgan fingerprint density at radius 3 is 2.13 bits per heavy atom. The van der Waals surface area contributed by atoms with E-state index < -0.39 is 17.9 Å². The molecule has 6 aromatic rings. The molecule has 0 radical (unpaired) electrons. The third-order valence-corrected chi connectivity index (χ3v) is 9.29. The molecule has 0 saturated heterocycles. The molecular weight excluding hydrogens is 593 g/mol. The van der Waals surface area contributed by atoms with Gasteiger partial charge in [-0.25, -0.2) is 4.79 Å². The number of hydrogen-bond donors (Lipinski definition) is 0. The number of thiophene rings is 1. The van der Waals surface area contributed by atoms with Gasteiger partial charge in [0.25, 0.3) is 0 Å². The molecule has 7 rings (SSSR count). The van der Waals surface area contributed by atoms with E-state index in [1.165, 1.54) is 38.8 Å². The maximum Gasteiger partial charge on any atom is 0.347 e. The van der Waals surface area contributed by atoms with E-state index in [0.717, 1.165) is 34.6 Å². The predicted octanol–water partition coefficient (Wildman–Crippen LogP) is 9.50. The van der Waals surface area contributed by atoms with Crippen molar-refractivity contribution >= 4 is 27.4 Å². The van der Waals surface area contributed by atoms with E-state index in [-0.39, 0.29) is 0 Å². The Hall–Kier alpha value is -5.07.